The molecule has 0 fully saturated rings. The number of benzene rings is 3. The van der Waals surface area contributed by atoms with Crippen LogP contribution >= 0.6 is 0 Å². The number of amides is 1. The van der Waals surface area contributed by atoms with Crippen LogP contribution in [0.1, 0.15) is 77.0 Å². The van der Waals surface area contributed by atoms with Crippen LogP contribution in [-0.4, -0.2) is 50.0 Å². The second-order valence-corrected chi connectivity index (χ2v) is 12.3. The summed E-state index contributed by atoms with van der Waals surface area (Å²) in [4.78, 5) is 28.6. The van der Waals surface area contributed by atoms with Gasteiger partial charge >= 0.3 is 5.97 Å². The molecule has 2 aliphatic rings. The Morgan fingerprint density at radius 2 is 1.67 bits per heavy atom. The van der Waals surface area contributed by atoms with Crippen LogP contribution in [0.4, 0.5) is 5.69 Å². The minimum Gasteiger partial charge on any atom is -0.496 e. The van der Waals surface area contributed by atoms with Crippen molar-refractivity contribution in [3.8, 4) is 28.4 Å². The molecular weight excluding hydrogens is 546 g/mol. The van der Waals surface area contributed by atoms with E-state index in [4.69, 9.17) is 18.9 Å². The summed E-state index contributed by atoms with van der Waals surface area (Å²) in [6.45, 7) is 12.5. The fourth-order valence-electron chi connectivity index (χ4n) is 6.39. The number of fused-ring (bicyclic) bond motifs is 2. The van der Waals surface area contributed by atoms with Crippen LogP contribution in [0.15, 0.2) is 30.3 Å². The summed E-state index contributed by atoms with van der Waals surface area (Å²) in [6.07, 6.45) is 1.06. The zero-order valence-corrected chi connectivity index (χ0v) is 26.3. The minimum atomic E-state index is -1.22. The molecule has 3 aromatic carbocycles. The number of aliphatic carboxylic acids is 1. The molecule has 43 heavy (non-hydrogen) atoms. The van der Waals surface area contributed by atoms with E-state index in [9.17, 15) is 14.7 Å². The van der Waals surface area contributed by atoms with Gasteiger partial charge in [0, 0.05) is 28.9 Å². The van der Waals surface area contributed by atoms with Crippen LogP contribution in [0.2, 0.25) is 0 Å². The number of methoxy groups -OCH3 is 2. The van der Waals surface area contributed by atoms with Gasteiger partial charge < -0.3 is 29.0 Å². The molecule has 0 radical (unpaired) electrons. The molecule has 2 aliphatic heterocycles. The summed E-state index contributed by atoms with van der Waals surface area (Å²) in [7, 11) is 3.23. The lowest BCUT2D eigenvalue weighted by Gasteiger charge is -2.31. The Morgan fingerprint density at radius 3 is 2.30 bits per heavy atom. The number of carbonyl (C=O) groups is 2. The molecule has 8 heteroatoms. The van der Waals surface area contributed by atoms with Gasteiger partial charge in [-0.1, -0.05) is 0 Å². The van der Waals surface area contributed by atoms with Crippen molar-refractivity contribution in [1.82, 2.24) is 0 Å². The SMILES string of the molecule is COc1ccc(C(=O)N2CCc3c2cc(C)c(C(OC(C)(C)C)C(=O)O)c3-c2cc(OC)c3c(c2C)CCCO3)cc1C. The Kier molecular flexibility index (Phi) is 8.18. The zero-order valence-electron chi connectivity index (χ0n) is 26.3. The highest BCUT2D eigenvalue weighted by atomic mass is 16.5. The van der Waals surface area contributed by atoms with Gasteiger partial charge in [0.25, 0.3) is 5.91 Å². The average Bonchev–Trinajstić information content (AvgIpc) is 3.38. The number of nitrogens with zero attached hydrogens (tertiary/aromatic N) is 1. The van der Waals surface area contributed by atoms with Crippen molar-refractivity contribution in [1.29, 1.82) is 0 Å². The van der Waals surface area contributed by atoms with Crippen molar-refractivity contribution in [2.45, 2.75) is 72.5 Å². The number of hydrogen-bond acceptors (Lipinski definition) is 6. The van der Waals surface area contributed by atoms with Crippen molar-refractivity contribution in [2.24, 2.45) is 0 Å². The highest BCUT2D eigenvalue weighted by Crippen LogP contribution is 2.49. The topological polar surface area (TPSA) is 94.5 Å². The largest absolute Gasteiger partial charge is 0.496 e. The fraction of sp³-hybridized carbons (Fsp3) is 0.429. The molecule has 2 heterocycles. The standard InChI is InChI=1S/C35H41NO7/c1-19-16-22(11-12-27(19)40-7)33(37)36-14-13-24-26(36)17-20(2)29(32(34(38)39)43-35(4,5)6)30(24)25-18-28(41-8)31-23(21(25)3)10-9-15-42-31/h11-12,16-18,32H,9-10,13-15H2,1-8H3,(H,38,39). The zero-order chi connectivity index (χ0) is 31.2. The Morgan fingerprint density at radius 1 is 0.953 bits per heavy atom. The number of aryl methyl sites for hydroxylation is 2. The molecule has 1 N–H and O–H groups in total. The van der Waals surface area contributed by atoms with Crippen molar-refractivity contribution >= 4 is 17.6 Å². The van der Waals surface area contributed by atoms with E-state index in [1.807, 2.05) is 58.9 Å². The number of anilines is 1. The van der Waals surface area contributed by atoms with Gasteiger partial charge in [0.2, 0.25) is 0 Å². The van der Waals surface area contributed by atoms with Crippen LogP contribution in [0.25, 0.3) is 11.1 Å². The summed E-state index contributed by atoms with van der Waals surface area (Å²) in [5, 5.41) is 10.5. The summed E-state index contributed by atoms with van der Waals surface area (Å²) < 4.78 is 23.5. The minimum absolute atomic E-state index is 0.114. The van der Waals surface area contributed by atoms with Crippen molar-refractivity contribution < 1.29 is 33.6 Å². The third-order valence-corrected chi connectivity index (χ3v) is 8.32. The summed E-state index contributed by atoms with van der Waals surface area (Å²) in [5.74, 6) is 0.898. The number of rotatable bonds is 7. The van der Waals surface area contributed by atoms with E-state index in [1.54, 1.807) is 25.2 Å². The van der Waals surface area contributed by atoms with E-state index < -0.39 is 17.7 Å². The van der Waals surface area contributed by atoms with Gasteiger partial charge in [0.1, 0.15) is 5.75 Å². The third-order valence-electron chi connectivity index (χ3n) is 8.32. The highest BCUT2D eigenvalue weighted by Gasteiger charge is 2.37. The highest BCUT2D eigenvalue weighted by molar-refractivity contribution is 6.08. The maximum absolute atomic E-state index is 13.9. The molecule has 0 bridgehead atoms. The lowest BCUT2D eigenvalue weighted by molar-refractivity contribution is -0.160. The normalized spacial score (nSPS) is 14.9. The number of carboxylic acids is 1. The quantitative estimate of drug-likeness (QED) is 0.326. The Balaban J connectivity index is 1.77. The molecule has 3 aromatic rings. The number of carbonyl (C=O) groups excluding carboxylic acids is 1. The smallest absolute Gasteiger partial charge is 0.337 e. The monoisotopic (exact) mass is 587 g/mol. The Hall–Kier alpha value is -4.04. The van der Waals surface area contributed by atoms with Crippen LogP contribution in [0, 0.1) is 20.8 Å². The lowest BCUT2D eigenvalue weighted by Crippen LogP contribution is -2.29. The fourth-order valence-corrected chi connectivity index (χ4v) is 6.39. The molecule has 0 saturated carbocycles. The molecule has 1 atom stereocenters. The van der Waals surface area contributed by atoms with Gasteiger partial charge in [-0.25, -0.2) is 4.79 Å². The van der Waals surface area contributed by atoms with E-state index in [1.165, 1.54) is 0 Å². The van der Waals surface area contributed by atoms with Gasteiger partial charge in [-0.05, 0) is 125 Å². The van der Waals surface area contributed by atoms with Gasteiger partial charge in [-0.15, -0.1) is 0 Å². The Bertz CT molecular complexity index is 1600. The molecule has 1 unspecified atom stereocenters. The maximum atomic E-state index is 13.9. The number of hydrogen-bond donors (Lipinski definition) is 1. The van der Waals surface area contributed by atoms with Crippen LogP contribution in [0.3, 0.4) is 0 Å². The molecule has 8 nitrogen and oxygen atoms in total. The van der Waals surface area contributed by atoms with E-state index in [0.29, 0.717) is 36.4 Å². The first-order chi connectivity index (χ1) is 20.4. The van der Waals surface area contributed by atoms with Gasteiger partial charge in [0.05, 0.1) is 26.4 Å². The predicted octanol–water partition coefficient (Wildman–Crippen LogP) is 6.76. The van der Waals surface area contributed by atoms with E-state index in [2.05, 4.69) is 6.92 Å². The van der Waals surface area contributed by atoms with Gasteiger partial charge in [0.15, 0.2) is 17.6 Å². The predicted molar refractivity (Wildman–Crippen MR) is 166 cm³/mol. The van der Waals surface area contributed by atoms with Gasteiger partial charge in [-0.2, -0.15) is 0 Å². The Labute approximate surface area is 253 Å². The molecule has 0 spiro atoms. The van der Waals surface area contributed by atoms with Gasteiger partial charge in [-0.3, -0.25) is 4.79 Å². The van der Waals surface area contributed by atoms with Crippen LogP contribution in [0.5, 0.6) is 17.2 Å². The molecule has 0 aliphatic carbocycles. The van der Waals surface area contributed by atoms with Crippen molar-refractivity contribution in [3.05, 3.63) is 69.3 Å². The van der Waals surface area contributed by atoms with E-state index in [0.717, 1.165) is 69.0 Å². The first kappa shape index (κ1) is 30.4. The molecular formula is C35H41NO7. The van der Waals surface area contributed by atoms with Crippen LogP contribution < -0.4 is 19.1 Å². The second-order valence-electron chi connectivity index (χ2n) is 12.3. The molecule has 0 saturated heterocycles. The maximum Gasteiger partial charge on any atom is 0.337 e. The second kappa shape index (κ2) is 11.6. The van der Waals surface area contributed by atoms with E-state index in [-0.39, 0.29) is 5.91 Å². The molecule has 5 rings (SSSR count). The number of ether oxygens (including phenoxy) is 4. The molecule has 228 valence electrons. The molecule has 0 aromatic heterocycles. The van der Waals surface area contributed by atoms with E-state index >= 15 is 0 Å². The first-order valence-corrected chi connectivity index (χ1v) is 14.7. The first-order valence-electron chi connectivity index (χ1n) is 14.7. The van der Waals surface area contributed by atoms with Crippen molar-refractivity contribution in [2.75, 3.05) is 32.3 Å². The molecule has 1 amide bonds. The van der Waals surface area contributed by atoms with Crippen molar-refractivity contribution in [3.63, 3.8) is 0 Å². The van der Waals surface area contributed by atoms with Crippen LogP contribution in [-0.2, 0) is 22.4 Å². The summed E-state index contributed by atoms with van der Waals surface area (Å²) in [6, 6.07) is 9.32. The third kappa shape index (κ3) is 5.56. The summed E-state index contributed by atoms with van der Waals surface area (Å²) in [5.41, 5.74) is 7.50. The lowest BCUT2D eigenvalue weighted by atomic mass is 9.83. The average molecular weight is 588 g/mol. The number of carboxylic acid groups (broad SMARTS) is 1. The summed E-state index contributed by atoms with van der Waals surface area (Å²) >= 11 is 0.